The molecule has 1 aromatic carbocycles. The molecule has 0 bridgehead atoms. The van der Waals surface area contributed by atoms with Gasteiger partial charge in [-0.2, -0.15) is 8.78 Å². The standard InChI is InChI=1S/C14H20F2O/c1-14(2,3)12-8-6-11(7-9-12)5-4-10-17-13(15)16/h6-9,13H,4-5,10H2,1-3H3. The molecule has 0 fully saturated rings. The number of hydrogen-bond acceptors (Lipinski definition) is 1. The van der Waals surface area contributed by atoms with E-state index in [2.05, 4.69) is 49.8 Å². The van der Waals surface area contributed by atoms with Gasteiger partial charge in [0.25, 0.3) is 0 Å². The van der Waals surface area contributed by atoms with Gasteiger partial charge in [0.15, 0.2) is 0 Å². The van der Waals surface area contributed by atoms with Crippen LogP contribution in [0.5, 0.6) is 0 Å². The fourth-order valence-corrected chi connectivity index (χ4v) is 1.62. The topological polar surface area (TPSA) is 9.23 Å². The summed E-state index contributed by atoms with van der Waals surface area (Å²) in [5.41, 5.74) is 2.60. The van der Waals surface area contributed by atoms with Crippen molar-refractivity contribution >= 4 is 0 Å². The third-order valence-corrected chi connectivity index (χ3v) is 2.67. The van der Waals surface area contributed by atoms with E-state index in [0.717, 1.165) is 12.0 Å². The number of aryl methyl sites for hydroxylation is 1. The minimum atomic E-state index is -2.65. The van der Waals surface area contributed by atoms with Crippen LogP contribution in [-0.4, -0.2) is 13.2 Å². The fourth-order valence-electron chi connectivity index (χ4n) is 1.62. The van der Waals surface area contributed by atoms with Gasteiger partial charge in [0.1, 0.15) is 0 Å². The second kappa shape index (κ2) is 6.10. The molecule has 1 nitrogen and oxygen atoms in total. The maximum Gasteiger partial charge on any atom is 0.345 e. The van der Waals surface area contributed by atoms with Crippen LogP contribution in [0.4, 0.5) is 8.78 Å². The van der Waals surface area contributed by atoms with E-state index in [0.29, 0.717) is 6.42 Å². The molecule has 1 rings (SSSR count). The van der Waals surface area contributed by atoms with E-state index in [1.807, 2.05) is 0 Å². The van der Waals surface area contributed by atoms with E-state index in [1.54, 1.807) is 0 Å². The summed E-state index contributed by atoms with van der Waals surface area (Å²) >= 11 is 0. The van der Waals surface area contributed by atoms with Crippen molar-refractivity contribution < 1.29 is 13.5 Å². The predicted molar refractivity (Wildman–Crippen MR) is 65.4 cm³/mol. The molecule has 0 aliphatic carbocycles. The van der Waals surface area contributed by atoms with Crippen LogP contribution in [0.3, 0.4) is 0 Å². The van der Waals surface area contributed by atoms with E-state index < -0.39 is 6.61 Å². The zero-order chi connectivity index (χ0) is 12.9. The predicted octanol–water partition coefficient (Wildman–Crippen LogP) is 4.16. The lowest BCUT2D eigenvalue weighted by Crippen LogP contribution is -2.10. The van der Waals surface area contributed by atoms with Crippen LogP contribution in [0.1, 0.15) is 38.3 Å². The monoisotopic (exact) mass is 242 g/mol. The molecule has 0 spiro atoms. The van der Waals surface area contributed by atoms with Gasteiger partial charge in [-0.05, 0) is 29.4 Å². The number of halogens is 2. The molecule has 0 aliphatic heterocycles. The van der Waals surface area contributed by atoms with Crippen LogP contribution in [0.15, 0.2) is 24.3 Å². The highest BCUT2D eigenvalue weighted by atomic mass is 19.3. The molecule has 0 atom stereocenters. The summed E-state index contributed by atoms with van der Waals surface area (Å²) in [4.78, 5) is 0. The van der Waals surface area contributed by atoms with Crippen LogP contribution >= 0.6 is 0 Å². The summed E-state index contributed by atoms with van der Waals surface area (Å²) in [5.74, 6) is 0. The molecule has 0 saturated carbocycles. The Morgan fingerprint density at radius 1 is 1.12 bits per heavy atom. The van der Waals surface area contributed by atoms with Gasteiger partial charge >= 0.3 is 6.61 Å². The number of ether oxygens (including phenoxy) is 1. The number of hydrogen-bond donors (Lipinski definition) is 0. The maximum atomic E-state index is 11.7. The molecular weight excluding hydrogens is 222 g/mol. The Balaban J connectivity index is 2.41. The van der Waals surface area contributed by atoms with Crippen LogP contribution in [0.2, 0.25) is 0 Å². The Hall–Kier alpha value is -0.960. The van der Waals surface area contributed by atoms with Crippen molar-refractivity contribution in [2.45, 2.75) is 45.6 Å². The van der Waals surface area contributed by atoms with E-state index >= 15 is 0 Å². The molecule has 0 radical (unpaired) electrons. The largest absolute Gasteiger partial charge is 0.345 e. The average molecular weight is 242 g/mol. The van der Waals surface area contributed by atoms with Crippen molar-refractivity contribution in [1.82, 2.24) is 0 Å². The molecule has 3 heteroatoms. The first-order valence-corrected chi connectivity index (χ1v) is 5.89. The van der Waals surface area contributed by atoms with E-state index in [-0.39, 0.29) is 12.0 Å². The van der Waals surface area contributed by atoms with Crippen LogP contribution in [0.25, 0.3) is 0 Å². The fraction of sp³-hybridized carbons (Fsp3) is 0.571. The smallest absolute Gasteiger partial charge is 0.323 e. The molecule has 0 unspecified atom stereocenters. The lowest BCUT2D eigenvalue weighted by Gasteiger charge is -2.19. The Bertz CT molecular complexity index is 325. The van der Waals surface area contributed by atoms with Crippen molar-refractivity contribution in [2.24, 2.45) is 0 Å². The van der Waals surface area contributed by atoms with Gasteiger partial charge in [-0.1, -0.05) is 45.0 Å². The third kappa shape index (κ3) is 5.26. The van der Waals surface area contributed by atoms with Crippen LogP contribution in [0, 0.1) is 0 Å². The first kappa shape index (κ1) is 14.1. The van der Waals surface area contributed by atoms with Gasteiger partial charge in [-0.3, -0.25) is 0 Å². The lowest BCUT2D eigenvalue weighted by atomic mass is 9.86. The Labute approximate surface area is 102 Å². The van der Waals surface area contributed by atoms with Crippen LogP contribution in [-0.2, 0) is 16.6 Å². The second-order valence-electron chi connectivity index (χ2n) is 5.18. The number of rotatable bonds is 5. The number of benzene rings is 1. The summed E-state index contributed by atoms with van der Waals surface area (Å²) in [5, 5.41) is 0. The Morgan fingerprint density at radius 3 is 2.18 bits per heavy atom. The van der Waals surface area contributed by atoms with E-state index in [9.17, 15) is 8.78 Å². The van der Waals surface area contributed by atoms with E-state index in [1.165, 1.54) is 5.56 Å². The molecule has 0 aromatic heterocycles. The quantitative estimate of drug-likeness (QED) is 0.705. The SMILES string of the molecule is CC(C)(C)c1ccc(CCCOC(F)F)cc1. The molecule has 0 N–H and O–H groups in total. The highest BCUT2D eigenvalue weighted by Crippen LogP contribution is 2.22. The Kier molecular flexibility index (Phi) is 5.06. The molecule has 0 aliphatic rings. The minimum absolute atomic E-state index is 0.110. The number of alkyl halides is 2. The molecular formula is C14H20F2O. The second-order valence-corrected chi connectivity index (χ2v) is 5.18. The first-order valence-electron chi connectivity index (χ1n) is 5.89. The molecule has 0 saturated heterocycles. The van der Waals surface area contributed by atoms with Crippen molar-refractivity contribution in [3.63, 3.8) is 0 Å². The summed E-state index contributed by atoms with van der Waals surface area (Å²) in [6.45, 7) is 3.95. The third-order valence-electron chi connectivity index (χ3n) is 2.67. The lowest BCUT2D eigenvalue weighted by molar-refractivity contribution is -0.129. The zero-order valence-corrected chi connectivity index (χ0v) is 10.7. The average Bonchev–Trinajstić information content (AvgIpc) is 2.23. The maximum absolute atomic E-state index is 11.7. The van der Waals surface area contributed by atoms with Crippen molar-refractivity contribution in [3.8, 4) is 0 Å². The van der Waals surface area contributed by atoms with Crippen molar-refractivity contribution in [2.75, 3.05) is 6.61 Å². The normalized spacial score (nSPS) is 12.1. The Morgan fingerprint density at radius 2 is 1.71 bits per heavy atom. The van der Waals surface area contributed by atoms with Gasteiger partial charge in [0.05, 0.1) is 6.61 Å². The first-order chi connectivity index (χ1) is 7.89. The molecule has 1 aromatic rings. The molecule has 0 heterocycles. The highest BCUT2D eigenvalue weighted by molar-refractivity contribution is 5.27. The minimum Gasteiger partial charge on any atom is -0.323 e. The van der Waals surface area contributed by atoms with Crippen molar-refractivity contribution in [3.05, 3.63) is 35.4 Å². The molecule has 17 heavy (non-hydrogen) atoms. The van der Waals surface area contributed by atoms with Crippen molar-refractivity contribution in [1.29, 1.82) is 0 Å². The molecule has 96 valence electrons. The highest BCUT2D eigenvalue weighted by Gasteiger charge is 2.12. The van der Waals surface area contributed by atoms with Gasteiger partial charge in [-0.15, -0.1) is 0 Å². The van der Waals surface area contributed by atoms with Gasteiger partial charge in [0, 0.05) is 0 Å². The van der Waals surface area contributed by atoms with Gasteiger partial charge in [-0.25, -0.2) is 0 Å². The summed E-state index contributed by atoms with van der Waals surface area (Å²) in [6, 6.07) is 8.32. The summed E-state index contributed by atoms with van der Waals surface area (Å²) in [7, 11) is 0. The summed E-state index contributed by atoms with van der Waals surface area (Å²) < 4.78 is 27.7. The zero-order valence-electron chi connectivity index (χ0n) is 10.7. The van der Waals surface area contributed by atoms with Gasteiger partial charge in [0.2, 0.25) is 0 Å². The van der Waals surface area contributed by atoms with Crippen LogP contribution < -0.4 is 0 Å². The summed E-state index contributed by atoms with van der Waals surface area (Å²) in [6.07, 6.45) is 1.40. The molecule has 0 amide bonds. The van der Waals surface area contributed by atoms with Gasteiger partial charge < -0.3 is 4.74 Å². The van der Waals surface area contributed by atoms with E-state index in [4.69, 9.17) is 0 Å².